The third-order valence-corrected chi connectivity index (χ3v) is 6.46. The van der Waals surface area contributed by atoms with Gasteiger partial charge in [-0.05, 0) is 48.1 Å². The van der Waals surface area contributed by atoms with Crippen molar-refractivity contribution < 1.29 is 9.53 Å². The summed E-state index contributed by atoms with van der Waals surface area (Å²) in [5.41, 5.74) is 1.99. The molecule has 1 amide bonds. The summed E-state index contributed by atoms with van der Waals surface area (Å²) in [6, 6.07) is 25.3. The summed E-state index contributed by atoms with van der Waals surface area (Å²) in [6.07, 6.45) is 0.844. The molecule has 0 bridgehead atoms. The van der Waals surface area contributed by atoms with Crippen molar-refractivity contribution in [2.45, 2.75) is 6.42 Å². The number of halogens is 1. The predicted molar refractivity (Wildman–Crippen MR) is 133 cm³/mol. The smallest absolute Gasteiger partial charge is 0.269 e. The molecule has 4 aromatic rings. The Labute approximate surface area is 194 Å². The molecule has 0 aliphatic rings. The van der Waals surface area contributed by atoms with Gasteiger partial charge in [-0.25, -0.2) is 0 Å². The van der Waals surface area contributed by atoms with Gasteiger partial charge >= 0.3 is 0 Å². The molecule has 1 heterocycles. The molecule has 0 saturated heterocycles. The Kier molecular flexibility index (Phi) is 6.82. The van der Waals surface area contributed by atoms with E-state index in [9.17, 15) is 4.79 Å². The molecular formula is C24H19ClN2O2S2. The maximum atomic E-state index is 12.6. The Morgan fingerprint density at radius 1 is 0.968 bits per heavy atom. The molecule has 2 N–H and O–H groups in total. The lowest BCUT2D eigenvalue weighted by molar-refractivity contribution is 0.0982. The molecule has 156 valence electrons. The van der Waals surface area contributed by atoms with Gasteiger partial charge in [0.25, 0.3) is 5.91 Å². The average molecular weight is 467 g/mol. The number of carbonyl (C=O) groups excluding carboxylic acids is 1. The molecular weight excluding hydrogens is 448 g/mol. The van der Waals surface area contributed by atoms with E-state index in [4.69, 9.17) is 28.6 Å². The molecule has 1 aromatic heterocycles. The number of fused-ring (bicyclic) bond motifs is 1. The van der Waals surface area contributed by atoms with E-state index < -0.39 is 0 Å². The Bertz CT molecular complexity index is 1210. The molecule has 31 heavy (non-hydrogen) atoms. The van der Waals surface area contributed by atoms with Crippen LogP contribution in [0.15, 0.2) is 78.9 Å². The second-order valence-electron chi connectivity index (χ2n) is 6.76. The maximum Gasteiger partial charge on any atom is 0.269 e. The van der Waals surface area contributed by atoms with Crippen molar-refractivity contribution >= 4 is 61.9 Å². The highest BCUT2D eigenvalue weighted by atomic mass is 35.5. The molecule has 0 fully saturated rings. The van der Waals surface area contributed by atoms with E-state index in [-0.39, 0.29) is 11.0 Å². The van der Waals surface area contributed by atoms with Gasteiger partial charge in [-0.1, -0.05) is 60.1 Å². The van der Waals surface area contributed by atoms with Gasteiger partial charge in [-0.2, -0.15) is 0 Å². The second-order valence-corrected chi connectivity index (χ2v) is 8.60. The molecule has 7 heteroatoms. The number of rotatable bonds is 6. The van der Waals surface area contributed by atoms with Crippen LogP contribution < -0.4 is 15.4 Å². The lowest BCUT2D eigenvalue weighted by atomic mass is 10.2. The summed E-state index contributed by atoms with van der Waals surface area (Å²) in [5.74, 6) is 0.443. The molecule has 4 rings (SSSR count). The van der Waals surface area contributed by atoms with E-state index in [1.54, 1.807) is 0 Å². The normalized spacial score (nSPS) is 10.6. The van der Waals surface area contributed by atoms with Crippen molar-refractivity contribution in [3.05, 3.63) is 94.3 Å². The molecule has 0 aliphatic carbocycles. The van der Waals surface area contributed by atoms with Crippen LogP contribution in [0, 0.1) is 0 Å². The van der Waals surface area contributed by atoms with Crippen molar-refractivity contribution in [2.75, 3.05) is 11.9 Å². The standard InChI is InChI=1S/C24H19ClN2O2S2/c25-21-19-8-4-5-9-20(19)31-22(21)23(28)27-24(30)26-17-10-12-18(13-11-17)29-15-14-16-6-2-1-3-7-16/h1-13H,14-15H2,(H2,26,27,28,30). The maximum absolute atomic E-state index is 12.6. The largest absolute Gasteiger partial charge is 0.493 e. The fraction of sp³-hybridized carbons (Fsp3) is 0.0833. The molecule has 0 unspecified atom stereocenters. The van der Waals surface area contributed by atoms with Crippen LogP contribution in [0.4, 0.5) is 5.69 Å². The van der Waals surface area contributed by atoms with Gasteiger partial charge in [0.2, 0.25) is 0 Å². The number of nitrogens with one attached hydrogen (secondary N) is 2. The minimum absolute atomic E-state index is 0.205. The van der Waals surface area contributed by atoms with Crippen LogP contribution in [-0.4, -0.2) is 17.6 Å². The first-order valence-corrected chi connectivity index (χ1v) is 11.3. The van der Waals surface area contributed by atoms with Crippen LogP contribution in [0.3, 0.4) is 0 Å². The number of carbonyl (C=O) groups is 1. The van der Waals surface area contributed by atoms with Gasteiger partial charge in [0, 0.05) is 22.2 Å². The van der Waals surface area contributed by atoms with E-state index >= 15 is 0 Å². The van der Waals surface area contributed by atoms with E-state index in [2.05, 4.69) is 22.8 Å². The number of anilines is 1. The molecule has 0 aliphatic heterocycles. The summed E-state index contributed by atoms with van der Waals surface area (Å²) < 4.78 is 6.75. The summed E-state index contributed by atoms with van der Waals surface area (Å²) in [4.78, 5) is 13.0. The first-order chi connectivity index (χ1) is 15.1. The first-order valence-electron chi connectivity index (χ1n) is 9.66. The van der Waals surface area contributed by atoms with Crippen LogP contribution in [0.5, 0.6) is 5.75 Å². The molecule has 0 radical (unpaired) electrons. The predicted octanol–water partition coefficient (Wildman–Crippen LogP) is 6.30. The average Bonchev–Trinajstić information content (AvgIpc) is 3.12. The number of hydrogen-bond donors (Lipinski definition) is 2. The topological polar surface area (TPSA) is 50.4 Å². The SMILES string of the molecule is O=C(NC(=S)Nc1ccc(OCCc2ccccc2)cc1)c1sc2ccccc2c1Cl. The van der Waals surface area contributed by atoms with Crippen LogP contribution in [0.2, 0.25) is 5.02 Å². The zero-order chi connectivity index (χ0) is 21.6. The number of thiocarbonyl (C=S) groups is 1. The number of thiophene rings is 1. The fourth-order valence-electron chi connectivity index (χ4n) is 3.05. The van der Waals surface area contributed by atoms with Crippen LogP contribution in [0.25, 0.3) is 10.1 Å². The summed E-state index contributed by atoms with van der Waals surface area (Å²) >= 11 is 13.0. The highest BCUT2D eigenvalue weighted by molar-refractivity contribution is 7.80. The third kappa shape index (κ3) is 5.41. The summed E-state index contributed by atoms with van der Waals surface area (Å²) in [6.45, 7) is 0.598. The van der Waals surface area contributed by atoms with Crippen molar-refractivity contribution in [3.8, 4) is 5.75 Å². The van der Waals surface area contributed by atoms with Crippen molar-refractivity contribution in [3.63, 3.8) is 0 Å². The minimum Gasteiger partial charge on any atom is -0.493 e. The van der Waals surface area contributed by atoms with Crippen LogP contribution in [-0.2, 0) is 6.42 Å². The molecule has 4 nitrogen and oxygen atoms in total. The zero-order valence-corrected chi connectivity index (χ0v) is 18.8. The van der Waals surface area contributed by atoms with Gasteiger partial charge in [0.15, 0.2) is 5.11 Å². The van der Waals surface area contributed by atoms with E-state index in [0.717, 1.165) is 27.9 Å². The quantitative estimate of drug-likeness (QED) is 0.327. The molecule has 0 atom stereocenters. The lowest BCUT2D eigenvalue weighted by Gasteiger charge is -2.10. The lowest BCUT2D eigenvalue weighted by Crippen LogP contribution is -2.33. The molecule has 0 saturated carbocycles. The summed E-state index contributed by atoms with van der Waals surface area (Å²) in [5, 5.41) is 7.21. The van der Waals surface area contributed by atoms with Crippen LogP contribution >= 0.6 is 35.2 Å². The highest BCUT2D eigenvalue weighted by Crippen LogP contribution is 2.35. The van der Waals surface area contributed by atoms with Gasteiger partial charge in [0.1, 0.15) is 10.6 Å². The van der Waals surface area contributed by atoms with Crippen molar-refractivity contribution in [1.82, 2.24) is 5.32 Å². The van der Waals surface area contributed by atoms with E-state index in [0.29, 0.717) is 16.5 Å². The van der Waals surface area contributed by atoms with Gasteiger partial charge in [-0.15, -0.1) is 11.3 Å². The van der Waals surface area contributed by atoms with Crippen LogP contribution in [0.1, 0.15) is 15.2 Å². The number of benzene rings is 3. The Morgan fingerprint density at radius 3 is 2.42 bits per heavy atom. The van der Waals surface area contributed by atoms with Crippen molar-refractivity contribution in [1.29, 1.82) is 0 Å². The Hall–Kier alpha value is -2.93. The number of amides is 1. The second kappa shape index (κ2) is 9.92. The number of ether oxygens (including phenoxy) is 1. The zero-order valence-electron chi connectivity index (χ0n) is 16.4. The number of hydrogen-bond acceptors (Lipinski definition) is 4. The van der Waals surface area contributed by atoms with Gasteiger partial charge in [-0.3, -0.25) is 10.1 Å². The van der Waals surface area contributed by atoms with Crippen molar-refractivity contribution in [2.24, 2.45) is 0 Å². The summed E-state index contributed by atoms with van der Waals surface area (Å²) in [7, 11) is 0. The van der Waals surface area contributed by atoms with Gasteiger partial charge in [0.05, 0.1) is 11.6 Å². The highest BCUT2D eigenvalue weighted by Gasteiger charge is 2.17. The Balaban J connectivity index is 1.30. The minimum atomic E-state index is -0.329. The molecule has 3 aromatic carbocycles. The van der Waals surface area contributed by atoms with E-state index in [1.807, 2.05) is 66.7 Å². The monoisotopic (exact) mass is 466 g/mol. The third-order valence-electron chi connectivity index (χ3n) is 4.58. The van der Waals surface area contributed by atoms with Gasteiger partial charge < -0.3 is 10.1 Å². The fourth-order valence-corrected chi connectivity index (χ4v) is 4.67. The Morgan fingerprint density at radius 2 is 1.68 bits per heavy atom. The van der Waals surface area contributed by atoms with E-state index in [1.165, 1.54) is 16.9 Å². The molecule has 0 spiro atoms. The first kappa shape index (κ1) is 21.3.